The molecule has 3 nitrogen and oxygen atoms in total. The van der Waals surface area contributed by atoms with Crippen molar-refractivity contribution in [2.75, 3.05) is 20.3 Å². The number of methoxy groups -OCH3 is 1. The van der Waals surface area contributed by atoms with Gasteiger partial charge < -0.3 is 15.4 Å². The van der Waals surface area contributed by atoms with Crippen LogP contribution in [0.3, 0.4) is 0 Å². The van der Waals surface area contributed by atoms with Gasteiger partial charge in [0.05, 0.1) is 0 Å². The summed E-state index contributed by atoms with van der Waals surface area (Å²) in [6.45, 7) is 1.69. The number of hydrogen-bond acceptors (Lipinski definition) is 2. The lowest BCUT2D eigenvalue weighted by atomic mass is 10.3. The van der Waals surface area contributed by atoms with Crippen molar-refractivity contribution in [3.63, 3.8) is 0 Å². The van der Waals surface area contributed by atoms with Crippen LogP contribution in [0.2, 0.25) is 0 Å². The maximum atomic E-state index is 5.18. The second kappa shape index (κ2) is 7.01. The maximum Gasteiger partial charge on any atom is 0.166 e. The monoisotopic (exact) mass is 216 g/mol. The van der Waals surface area contributed by atoms with Crippen LogP contribution in [0.5, 0.6) is 0 Å². The molecule has 0 aromatic carbocycles. The lowest BCUT2D eigenvalue weighted by Gasteiger charge is -2.15. The molecule has 0 aromatic rings. The predicted octanol–water partition coefficient (Wildman–Crippen LogP) is 1.43. The first-order valence-electron chi connectivity index (χ1n) is 5.36. The molecule has 0 bridgehead atoms. The van der Waals surface area contributed by atoms with Gasteiger partial charge in [0, 0.05) is 26.3 Å². The van der Waals surface area contributed by atoms with Crippen LogP contribution in [0.4, 0.5) is 0 Å². The number of rotatable bonds is 5. The molecule has 0 atom stereocenters. The summed E-state index contributed by atoms with van der Waals surface area (Å²) >= 11 is 5.18. The molecule has 1 fully saturated rings. The van der Waals surface area contributed by atoms with Crippen LogP contribution >= 0.6 is 12.2 Å². The molecule has 0 aromatic heterocycles. The molecule has 4 heteroatoms. The highest BCUT2D eigenvalue weighted by Gasteiger charge is 2.14. The van der Waals surface area contributed by atoms with E-state index in [0.29, 0.717) is 6.04 Å². The summed E-state index contributed by atoms with van der Waals surface area (Å²) in [7, 11) is 1.72. The highest BCUT2D eigenvalue weighted by atomic mass is 32.1. The molecule has 1 saturated carbocycles. The molecule has 1 aliphatic carbocycles. The van der Waals surface area contributed by atoms with Gasteiger partial charge in [-0.05, 0) is 31.5 Å². The van der Waals surface area contributed by atoms with E-state index in [1.54, 1.807) is 7.11 Å². The van der Waals surface area contributed by atoms with E-state index in [-0.39, 0.29) is 0 Å². The van der Waals surface area contributed by atoms with Crippen molar-refractivity contribution in [1.29, 1.82) is 0 Å². The van der Waals surface area contributed by atoms with Gasteiger partial charge in [0.15, 0.2) is 5.11 Å². The molecule has 14 heavy (non-hydrogen) atoms. The molecule has 2 N–H and O–H groups in total. The average Bonchev–Trinajstić information content (AvgIpc) is 2.65. The summed E-state index contributed by atoms with van der Waals surface area (Å²) in [4.78, 5) is 0. The van der Waals surface area contributed by atoms with Gasteiger partial charge in [-0.25, -0.2) is 0 Å². The molecule has 0 heterocycles. The van der Waals surface area contributed by atoms with E-state index in [0.717, 1.165) is 24.7 Å². The Bertz CT molecular complexity index is 170. The van der Waals surface area contributed by atoms with Crippen LogP contribution in [0, 0.1) is 0 Å². The number of ether oxygens (including phenoxy) is 1. The third-order valence-corrected chi connectivity index (χ3v) is 2.76. The van der Waals surface area contributed by atoms with Crippen LogP contribution in [0.25, 0.3) is 0 Å². The highest BCUT2D eigenvalue weighted by molar-refractivity contribution is 7.80. The van der Waals surface area contributed by atoms with Crippen molar-refractivity contribution < 1.29 is 4.74 Å². The Kier molecular flexibility index (Phi) is 5.87. The summed E-state index contributed by atoms with van der Waals surface area (Å²) < 4.78 is 4.95. The van der Waals surface area contributed by atoms with Crippen LogP contribution < -0.4 is 10.6 Å². The molecule has 0 aliphatic heterocycles. The first-order valence-corrected chi connectivity index (χ1v) is 5.77. The largest absolute Gasteiger partial charge is 0.385 e. The zero-order valence-electron chi connectivity index (χ0n) is 8.84. The van der Waals surface area contributed by atoms with E-state index in [2.05, 4.69) is 10.6 Å². The van der Waals surface area contributed by atoms with Crippen LogP contribution in [0.1, 0.15) is 32.1 Å². The van der Waals surface area contributed by atoms with Crippen LogP contribution in [-0.4, -0.2) is 31.4 Å². The SMILES string of the molecule is COCCCNC(=S)NC1CCCC1. The van der Waals surface area contributed by atoms with Gasteiger partial charge >= 0.3 is 0 Å². The minimum atomic E-state index is 0.609. The van der Waals surface area contributed by atoms with Crippen molar-refractivity contribution in [3.8, 4) is 0 Å². The normalized spacial score (nSPS) is 16.9. The topological polar surface area (TPSA) is 33.3 Å². The summed E-state index contributed by atoms with van der Waals surface area (Å²) in [5, 5.41) is 7.32. The van der Waals surface area contributed by atoms with E-state index in [1.807, 2.05) is 0 Å². The minimum Gasteiger partial charge on any atom is -0.385 e. The molecule has 0 amide bonds. The zero-order valence-corrected chi connectivity index (χ0v) is 9.66. The van der Waals surface area contributed by atoms with E-state index in [9.17, 15) is 0 Å². The van der Waals surface area contributed by atoms with Crippen molar-refractivity contribution in [2.24, 2.45) is 0 Å². The quantitative estimate of drug-likeness (QED) is 0.538. The number of nitrogens with one attached hydrogen (secondary N) is 2. The van der Waals surface area contributed by atoms with Gasteiger partial charge in [0.1, 0.15) is 0 Å². The summed E-state index contributed by atoms with van der Waals surface area (Å²) in [6.07, 6.45) is 6.21. The van der Waals surface area contributed by atoms with E-state index in [1.165, 1.54) is 25.7 Å². The Morgan fingerprint density at radius 1 is 1.43 bits per heavy atom. The number of thiocarbonyl (C=S) groups is 1. The molecule has 0 saturated heterocycles. The lowest BCUT2D eigenvalue weighted by molar-refractivity contribution is 0.195. The fourth-order valence-electron chi connectivity index (χ4n) is 1.73. The second-order valence-electron chi connectivity index (χ2n) is 3.73. The summed E-state index contributed by atoms with van der Waals surface area (Å²) in [5.41, 5.74) is 0. The van der Waals surface area contributed by atoms with Gasteiger partial charge in [-0.15, -0.1) is 0 Å². The first kappa shape index (κ1) is 11.7. The van der Waals surface area contributed by atoms with E-state index in [4.69, 9.17) is 17.0 Å². The molecule has 1 rings (SSSR count). The smallest absolute Gasteiger partial charge is 0.166 e. The Balaban J connectivity index is 1.98. The average molecular weight is 216 g/mol. The van der Waals surface area contributed by atoms with E-state index < -0.39 is 0 Å². The van der Waals surface area contributed by atoms with Crippen molar-refractivity contribution in [3.05, 3.63) is 0 Å². The third-order valence-electron chi connectivity index (χ3n) is 2.50. The highest BCUT2D eigenvalue weighted by Crippen LogP contribution is 2.17. The molecule has 0 radical (unpaired) electrons. The minimum absolute atomic E-state index is 0.609. The van der Waals surface area contributed by atoms with Gasteiger partial charge in [-0.2, -0.15) is 0 Å². The zero-order chi connectivity index (χ0) is 10.2. The van der Waals surface area contributed by atoms with Crippen LogP contribution in [-0.2, 0) is 4.74 Å². The number of hydrogen-bond donors (Lipinski definition) is 2. The molecule has 0 spiro atoms. The Morgan fingerprint density at radius 3 is 2.79 bits per heavy atom. The Morgan fingerprint density at radius 2 is 2.14 bits per heavy atom. The fourth-order valence-corrected chi connectivity index (χ4v) is 1.99. The third kappa shape index (κ3) is 4.77. The molecular weight excluding hydrogens is 196 g/mol. The molecule has 82 valence electrons. The van der Waals surface area contributed by atoms with Crippen molar-refractivity contribution >= 4 is 17.3 Å². The molecule has 1 aliphatic rings. The Labute approximate surface area is 91.6 Å². The summed E-state index contributed by atoms with van der Waals surface area (Å²) in [6, 6.07) is 0.609. The summed E-state index contributed by atoms with van der Waals surface area (Å²) in [5.74, 6) is 0. The predicted molar refractivity (Wildman–Crippen MR) is 62.5 cm³/mol. The maximum absolute atomic E-state index is 5.18. The van der Waals surface area contributed by atoms with Gasteiger partial charge in [0.25, 0.3) is 0 Å². The van der Waals surface area contributed by atoms with Crippen molar-refractivity contribution in [1.82, 2.24) is 10.6 Å². The second-order valence-corrected chi connectivity index (χ2v) is 4.14. The molecule has 0 unspecified atom stereocenters. The van der Waals surface area contributed by atoms with Gasteiger partial charge in [-0.1, -0.05) is 12.8 Å². The fraction of sp³-hybridized carbons (Fsp3) is 0.900. The first-order chi connectivity index (χ1) is 6.83. The van der Waals surface area contributed by atoms with Crippen LogP contribution in [0.15, 0.2) is 0 Å². The van der Waals surface area contributed by atoms with E-state index >= 15 is 0 Å². The van der Waals surface area contributed by atoms with Crippen molar-refractivity contribution in [2.45, 2.75) is 38.1 Å². The standard InChI is InChI=1S/C10H20N2OS/c1-13-8-4-7-11-10(14)12-9-5-2-3-6-9/h9H,2-8H2,1H3,(H2,11,12,14). The molecular formula is C10H20N2OS. The lowest BCUT2D eigenvalue weighted by Crippen LogP contribution is -2.41. The van der Waals surface area contributed by atoms with Gasteiger partial charge in [0.2, 0.25) is 0 Å². The Hall–Kier alpha value is -0.350. The van der Waals surface area contributed by atoms with Gasteiger partial charge in [-0.3, -0.25) is 0 Å².